The van der Waals surface area contributed by atoms with E-state index in [-0.39, 0.29) is 16.5 Å². The Morgan fingerprint density at radius 1 is 1.08 bits per heavy atom. The maximum absolute atomic E-state index is 12.4. The van der Waals surface area contributed by atoms with Crippen molar-refractivity contribution in [2.75, 3.05) is 0 Å². The van der Waals surface area contributed by atoms with Gasteiger partial charge in [0, 0.05) is 21.5 Å². The van der Waals surface area contributed by atoms with Crippen molar-refractivity contribution in [3.8, 4) is 11.3 Å². The van der Waals surface area contributed by atoms with Crippen LogP contribution in [0.5, 0.6) is 0 Å². The molecule has 0 saturated carbocycles. The van der Waals surface area contributed by atoms with E-state index in [0.29, 0.717) is 27.6 Å². The number of allylic oxidation sites excluding steroid dienone is 1. The molecule has 5 nitrogen and oxygen atoms in total. The Morgan fingerprint density at radius 2 is 1.88 bits per heavy atom. The van der Waals surface area contributed by atoms with Gasteiger partial charge in [-0.15, -0.1) is 0 Å². The maximum Gasteiger partial charge on any atom is 0.281 e. The predicted octanol–water partition coefficient (Wildman–Crippen LogP) is 5.84. The molecule has 26 heavy (non-hydrogen) atoms. The summed E-state index contributed by atoms with van der Waals surface area (Å²) in [4.78, 5) is 24.6. The summed E-state index contributed by atoms with van der Waals surface area (Å²) in [6.45, 7) is 0. The number of benzene rings is 2. The minimum absolute atomic E-state index is 0.0546. The molecule has 128 valence electrons. The van der Waals surface area contributed by atoms with Gasteiger partial charge in [-0.05, 0) is 42.5 Å². The number of ketones is 1. The van der Waals surface area contributed by atoms with Gasteiger partial charge in [0.05, 0.1) is 15.4 Å². The van der Waals surface area contributed by atoms with Crippen LogP contribution in [0.4, 0.5) is 5.69 Å². The molecule has 0 saturated heterocycles. The van der Waals surface area contributed by atoms with E-state index in [1.54, 1.807) is 36.4 Å². The first-order valence-electron chi connectivity index (χ1n) is 7.60. The van der Waals surface area contributed by atoms with Crippen molar-refractivity contribution in [1.29, 1.82) is 0 Å². The fourth-order valence-electron chi connectivity index (χ4n) is 2.70. The molecule has 0 fully saturated rings. The summed E-state index contributed by atoms with van der Waals surface area (Å²) in [6.07, 6.45) is 1.65. The molecule has 0 N–H and O–H groups in total. The number of nitro benzene ring substituents is 1. The number of carbonyl (C=O) groups excluding carboxylic acids is 1. The molecule has 0 aliphatic carbocycles. The molecule has 0 unspecified atom stereocenters. The van der Waals surface area contributed by atoms with Gasteiger partial charge in [0.15, 0.2) is 0 Å². The number of hydrogen-bond donors (Lipinski definition) is 0. The molecule has 3 aromatic rings. The first-order chi connectivity index (χ1) is 12.5. The molecule has 7 heteroatoms. The van der Waals surface area contributed by atoms with E-state index in [1.165, 1.54) is 17.8 Å². The Morgan fingerprint density at radius 3 is 2.65 bits per heavy atom. The van der Waals surface area contributed by atoms with Gasteiger partial charge in [-0.1, -0.05) is 35.5 Å². The highest BCUT2D eigenvalue weighted by molar-refractivity contribution is 8.04. The van der Waals surface area contributed by atoms with E-state index in [4.69, 9.17) is 16.0 Å². The number of furan rings is 1. The first-order valence-corrected chi connectivity index (χ1v) is 8.80. The Bertz CT molecular complexity index is 1090. The van der Waals surface area contributed by atoms with E-state index in [2.05, 4.69) is 0 Å². The lowest BCUT2D eigenvalue weighted by Gasteiger charge is -2.00. The van der Waals surface area contributed by atoms with Crippen molar-refractivity contribution in [2.24, 2.45) is 0 Å². The van der Waals surface area contributed by atoms with E-state index in [1.807, 2.05) is 18.2 Å². The molecule has 2 aromatic carbocycles. The summed E-state index contributed by atoms with van der Waals surface area (Å²) in [7, 11) is 0. The summed E-state index contributed by atoms with van der Waals surface area (Å²) < 4.78 is 5.72. The first kappa shape index (κ1) is 16.6. The van der Waals surface area contributed by atoms with Crippen LogP contribution in [0.25, 0.3) is 17.4 Å². The number of nitrogens with zero attached hydrogens (tertiary/aromatic N) is 1. The molecular formula is C19H10ClNO4S. The van der Waals surface area contributed by atoms with Crippen LogP contribution in [-0.4, -0.2) is 10.7 Å². The van der Waals surface area contributed by atoms with E-state index < -0.39 is 4.92 Å². The van der Waals surface area contributed by atoms with Gasteiger partial charge in [0.2, 0.25) is 5.78 Å². The second-order valence-corrected chi connectivity index (χ2v) is 7.08. The van der Waals surface area contributed by atoms with E-state index >= 15 is 0 Å². The average molecular weight is 384 g/mol. The van der Waals surface area contributed by atoms with Crippen LogP contribution in [-0.2, 0) is 0 Å². The summed E-state index contributed by atoms with van der Waals surface area (Å²) in [5, 5.41) is 11.5. The van der Waals surface area contributed by atoms with Crippen LogP contribution < -0.4 is 0 Å². The third-order valence-corrected chi connectivity index (χ3v) is 5.23. The minimum Gasteiger partial charge on any atom is -0.456 e. The molecule has 4 rings (SSSR count). The maximum atomic E-state index is 12.4. The average Bonchev–Trinajstić information content (AvgIpc) is 3.21. The highest BCUT2D eigenvalue weighted by atomic mass is 35.5. The van der Waals surface area contributed by atoms with Crippen molar-refractivity contribution in [2.45, 2.75) is 4.90 Å². The van der Waals surface area contributed by atoms with Gasteiger partial charge in [0.25, 0.3) is 5.69 Å². The lowest BCUT2D eigenvalue weighted by atomic mass is 10.1. The third kappa shape index (κ3) is 2.94. The zero-order valence-corrected chi connectivity index (χ0v) is 14.7. The smallest absolute Gasteiger partial charge is 0.281 e. The van der Waals surface area contributed by atoms with Crippen molar-refractivity contribution < 1.29 is 14.1 Å². The molecule has 0 bridgehead atoms. The molecule has 0 atom stereocenters. The second-order valence-electron chi connectivity index (χ2n) is 5.56. The lowest BCUT2D eigenvalue weighted by molar-refractivity contribution is -0.384. The van der Waals surface area contributed by atoms with E-state index in [0.717, 1.165) is 4.90 Å². The van der Waals surface area contributed by atoms with E-state index in [9.17, 15) is 14.9 Å². The number of thioether (sulfide) groups is 1. The number of halogens is 1. The van der Waals surface area contributed by atoms with Crippen LogP contribution in [0.15, 0.2) is 68.8 Å². The van der Waals surface area contributed by atoms with Crippen LogP contribution >= 0.6 is 23.4 Å². The largest absolute Gasteiger partial charge is 0.456 e. The Labute approximate surface area is 157 Å². The monoisotopic (exact) mass is 383 g/mol. The Balaban J connectivity index is 1.69. The predicted molar refractivity (Wildman–Crippen MR) is 100 cm³/mol. The zero-order valence-electron chi connectivity index (χ0n) is 13.1. The van der Waals surface area contributed by atoms with Crippen LogP contribution in [0.2, 0.25) is 5.02 Å². The SMILES string of the molecule is O=C1/C(=C\c2ccc(-c3ccc(Cl)cc3[N+](=O)[O-])o2)Sc2ccccc21. The Hall–Kier alpha value is -2.83. The van der Waals surface area contributed by atoms with Gasteiger partial charge < -0.3 is 4.42 Å². The molecular weight excluding hydrogens is 374 g/mol. The molecule has 0 amide bonds. The molecule has 2 heterocycles. The highest BCUT2D eigenvalue weighted by Crippen LogP contribution is 2.41. The molecule has 1 aliphatic rings. The van der Waals surface area contributed by atoms with Gasteiger partial charge in [-0.25, -0.2) is 0 Å². The second kappa shape index (κ2) is 6.48. The lowest BCUT2D eigenvalue weighted by Crippen LogP contribution is -1.93. The summed E-state index contributed by atoms with van der Waals surface area (Å²) in [6, 6.07) is 15.1. The van der Waals surface area contributed by atoms with Crippen molar-refractivity contribution in [1.82, 2.24) is 0 Å². The molecule has 0 radical (unpaired) electrons. The summed E-state index contributed by atoms with van der Waals surface area (Å²) in [5.74, 6) is 0.738. The fraction of sp³-hybridized carbons (Fsp3) is 0. The number of Topliss-reactive ketones (excluding diaryl/α,β-unsaturated/α-hetero) is 1. The number of hydrogen-bond acceptors (Lipinski definition) is 5. The Kier molecular flexibility index (Phi) is 4.14. The number of carbonyl (C=O) groups is 1. The van der Waals surface area contributed by atoms with Gasteiger partial charge in [0.1, 0.15) is 11.5 Å². The van der Waals surface area contributed by atoms with Crippen molar-refractivity contribution in [3.63, 3.8) is 0 Å². The quantitative estimate of drug-likeness (QED) is 0.323. The summed E-state index contributed by atoms with van der Waals surface area (Å²) in [5.41, 5.74) is 0.867. The molecule has 0 spiro atoms. The van der Waals surface area contributed by atoms with Gasteiger partial charge in [-0.3, -0.25) is 14.9 Å². The highest BCUT2D eigenvalue weighted by Gasteiger charge is 2.26. The van der Waals surface area contributed by atoms with Crippen LogP contribution in [0.3, 0.4) is 0 Å². The number of nitro groups is 1. The van der Waals surface area contributed by atoms with Crippen molar-refractivity contribution >= 4 is 40.9 Å². The fourth-order valence-corrected chi connectivity index (χ4v) is 3.90. The van der Waals surface area contributed by atoms with Gasteiger partial charge in [-0.2, -0.15) is 0 Å². The molecule has 1 aromatic heterocycles. The number of fused-ring (bicyclic) bond motifs is 1. The van der Waals surface area contributed by atoms with Crippen LogP contribution in [0.1, 0.15) is 16.1 Å². The number of rotatable bonds is 3. The molecule has 1 aliphatic heterocycles. The summed E-state index contributed by atoms with van der Waals surface area (Å²) >= 11 is 7.22. The zero-order chi connectivity index (χ0) is 18.3. The standard InChI is InChI=1S/C19H10ClNO4S/c20-11-5-7-13(15(9-11)21(23)24)16-8-6-12(25-16)10-18-19(22)14-3-1-2-4-17(14)26-18/h1-10H/b18-10+. The van der Waals surface area contributed by atoms with Gasteiger partial charge >= 0.3 is 0 Å². The van der Waals surface area contributed by atoms with Crippen molar-refractivity contribution in [3.05, 3.63) is 86.0 Å². The third-order valence-electron chi connectivity index (χ3n) is 3.90. The topological polar surface area (TPSA) is 73.3 Å². The minimum atomic E-state index is -0.505. The normalized spacial score (nSPS) is 14.7. The van der Waals surface area contributed by atoms with Crippen LogP contribution in [0, 0.1) is 10.1 Å².